The molecule has 3 aromatic carbocycles. The van der Waals surface area contributed by atoms with Gasteiger partial charge in [-0.05, 0) is 56.9 Å². The van der Waals surface area contributed by atoms with E-state index in [0.29, 0.717) is 18.7 Å². The largest absolute Gasteiger partial charge is 0.350 e. The second kappa shape index (κ2) is 12.8. The standard InChI is InChI=1S/C31H38N2O2S/c1-23-15-17-26(18-16-23)21-36-22-29(34)33(20-27-14-10-9-11-24(27)2)28(30(35)32-31(3,4)5)19-25-12-7-6-8-13-25/h6-18,28H,19-22H2,1-5H3,(H,32,35). The number of hydrogen-bond acceptors (Lipinski definition) is 3. The van der Waals surface area contributed by atoms with Gasteiger partial charge in [-0.15, -0.1) is 11.8 Å². The van der Waals surface area contributed by atoms with Crippen molar-refractivity contribution in [3.63, 3.8) is 0 Å². The van der Waals surface area contributed by atoms with Gasteiger partial charge in [0.2, 0.25) is 11.8 Å². The fourth-order valence-corrected chi connectivity index (χ4v) is 4.87. The van der Waals surface area contributed by atoms with Crippen molar-refractivity contribution < 1.29 is 9.59 Å². The lowest BCUT2D eigenvalue weighted by Gasteiger charge is -2.34. The van der Waals surface area contributed by atoms with Crippen molar-refractivity contribution >= 4 is 23.6 Å². The molecule has 0 radical (unpaired) electrons. The third kappa shape index (κ3) is 8.56. The van der Waals surface area contributed by atoms with Crippen molar-refractivity contribution in [3.8, 4) is 0 Å². The van der Waals surface area contributed by atoms with Crippen LogP contribution in [0.2, 0.25) is 0 Å². The zero-order valence-corrected chi connectivity index (χ0v) is 22.9. The van der Waals surface area contributed by atoms with Crippen LogP contribution in [0.1, 0.15) is 48.6 Å². The Hall–Kier alpha value is -3.05. The Labute approximate surface area is 220 Å². The summed E-state index contributed by atoms with van der Waals surface area (Å²) in [6.45, 7) is 10.4. The SMILES string of the molecule is Cc1ccc(CSCC(=O)N(Cc2ccccc2C)C(Cc2ccccc2)C(=O)NC(C)(C)C)cc1. The minimum absolute atomic E-state index is 0.0274. The molecule has 0 aliphatic heterocycles. The highest BCUT2D eigenvalue weighted by Gasteiger charge is 2.32. The Bertz CT molecular complexity index is 1140. The molecule has 3 aromatic rings. The molecule has 3 rings (SSSR count). The fourth-order valence-electron chi connectivity index (χ4n) is 4.00. The van der Waals surface area contributed by atoms with Crippen LogP contribution in [0.25, 0.3) is 0 Å². The summed E-state index contributed by atoms with van der Waals surface area (Å²) in [6.07, 6.45) is 0.461. The number of amides is 2. The lowest BCUT2D eigenvalue weighted by molar-refractivity contribution is -0.140. The maximum absolute atomic E-state index is 13.7. The number of benzene rings is 3. The Balaban J connectivity index is 1.87. The average Bonchev–Trinajstić information content (AvgIpc) is 2.83. The van der Waals surface area contributed by atoms with E-state index in [1.165, 1.54) is 11.1 Å². The molecule has 1 unspecified atom stereocenters. The molecule has 190 valence electrons. The first-order chi connectivity index (χ1) is 17.1. The van der Waals surface area contributed by atoms with E-state index in [9.17, 15) is 9.59 Å². The number of aryl methyl sites for hydroxylation is 2. The van der Waals surface area contributed by atoms with E-state index in [-0.39, 0.29) is 11.8 Å². The summed E-state index contributed by atoms with van der Waals surface area (Å²) < 4.78 is 0. The molecule has 1 N–H and O–H groups in total. The highest BCUT2D eigenvalue weighted by Crippen LogP contribution is 2.20. The molecule has 0 heterocycles. The van der Waals surface area contributed by atoms with E-state index in [4.69, 9.17) is 0 Å². The fraction of sp³-hybridized carbons (Fsp3) is 0.355. The van der Waals surface area contributed by atoms with Crippen molar-refractivity contribution in [1.82, 2.24) is 10.2 Å². The van der Waals surface area contributed by atoms with Crippen LogP contribution >= 0.6 is 11.8 Å². The average molecular weight is 503 g/mol. The van der Waals surface area contributed by atoms with Crippen LogP contribution in [0, 0.1) is 13.8 Å². The van der Waals surface area contributed by atoms with Crippen LogP contribution < -0.4 is 5.32 Å². The molecular weight excluding hydrogens is 464 g/mol. The number of carbonyl (C=O) groups excluding carboxylic acids is 2. The van der Waals surface area contributed by atoms with E-state index in [1.54, 1.807) is 16.7 Å². The summed E-state index contributed by atoms with van der Waals surface area (Å²) in [5.74, 6) is 0.910. The highest BCUT2D eigenvalue weighted by atomic mass is 32.2. The van der Waals surface area contributed by atoms with E-state index < -0.39 is 11.6 Å². The Kier molecular flexibility index (Phi) is 9.77. The van der Waals surface area contributed by atoms with Crippen LogP contribution in [0.3, 0.4) is 0 Å². The second-order valence-electron chi connectivity index (χ2n) is 10.4. The zero-order valence-electron chi connectivity index (χ0n) is 22.1. The molecular formula is C31H38N2O2S. The van der Waals surface area contributed by atoms with Crippen LogP contribution in [-0.4, -0.2) is 34.0 Å². The third-order valence-corrected chi connectivity index (χ3v) is 6.97. The van der Waals surface area contributed by atoms with Crippen molar-refractivity contribution in [2.24, 2.45) is 0 Å². The van der Waals surface area contributed by atoms with Gasteiger partial charge in [-0.3, -0.25) is 9.59 Å². The number of carbonyl (C=O) groups is 2. The third-order valence-electron chi connectivity index (χ3n) is 5.99. The molecule has 5 heteroatoms. The molecule has 0 saturated heterocycles. The van der Waals surface area contributed by atoms with Gasteiger partial charge in [0.05, 0.1) is 5.75 Å². The first-order valence-corrected chi connectivity index (χ1v) is 13.6. The summed E-state index contributed by atoms with van der Waals surface area (Å²) in [5, 5.41) is 3.12. The predicted octanol–water partition coefficient (Wildman–Crippen LogP) is 6.09. The Morgan fingerprint density at radius 3 is 2.14 bits per heavy atom. The van der Waals surface area contributed by atoms with Gasteiger partial charge in [-0.25, -0.2) is 0 Å². The molecule has 0 saturated carbocycles. The first-order valence-electron chi connectivity index (χ1n) is 12.5. The number of nitrogens with one attached hydrogen (secondary N) is 1. The molecule has 0 aliphatic rings. The molecule has 36 heavy (non-hydrogen) atoms. The number of hydrogen-bond donors (Lipinski definition) is 1. The number of nitrogens with zero attached hydrogens (tertiary/aromatic N) is 1. The van der Waals surface area contributed by atoms with Crippen LogP contribution in [0.15, 0.2) is 78.9 Å². The van der Waals surface area contributed by atoms with Gasteiger partial charge in [-0.1, -0.05) is 84.4 Å². The molecule has 0 aliphatic carbocycles. The smallest absolute Gasteiger partial charge is 0.243 e. The van der Waals surface area contributed by atoms with E-state index in [0.717, 1.165) is 22.4 Å². The van der Waals surface area contributed by atoms with Crippen LogP contribution in [0.5, 0.6) is 0 Å². The summed E-state index contributed by atoms with van der Waals surface area (Å²) in [5.41, 5.74) is 5.20. The van der Waals surface area contributed by atoms with Crippen molar-refractivity contribution in [1.29, 1.82) is 0 Å². The normalized spacial score (nSPS) is 12.1. The van der Waals surface area contributed by atoms with Crippen molar-refractivity contribution in [2.75, 3.05) is 5.75 Å². The molecule has 0 fully saturated rings. The Morgan fingerprint density at radius 1 is 0.861 bits per heavy atom. The van der Waals surface area contributed by atoms with Crippen LogP contribution in [-0.2, 0) is 28.3 Å². The molecule has 2 amide bonds. The molecule has 1 atom stereocenters. The van der Waals surface area contributed by atoms with Gasteiger partial charge in [0.25, 0.3) is 0 Å². The predicted molar refractivity (Wildman–Crippen MR) is 151 cm³/mol. The summed E-state index contributed by atoms with van der Waals surface area (Å²) in [4.78, 5) is 29.1. The minimum atomic E-state index is -0.612. The topological polar surface area (TPSA) is 49.4 Å². The van der Waals surface area contributed by atoms with E-state index >= 15 is 0 Å². The monoisotopic (exact) mass is 502 g/mol. The Morgan fingerprint density at radius 2 is 1.50 bits per heavy atom. The number of thioether (sulfide) groups is 1. The van der Waals surface area contributed by atoms with Gasteiger partial charge in [0, 0.05) is 24.3 Å². The highest BCUT2D eigenvalue weighted by molar-refractivity contribution is 7.99. The van der Waals surface area contributed by atoms with Crippen molar-refractivity contribution in [2.45, 2.75) is 64.9 Å². The maximum Gasteiger partial charge on any atom is 0.243 e. The lowest BCUT2D eigenvalue weighted by Crippen LogP contribution is -2.54. The van der Waals surface area contributed by atoms with Crippen LogP contribution in [0.4, 0.5) is 0 Å². The lowest BCUT2D eigenvalue weighted by atomic mass is 10.00. The summed E-state index contributed by atoms with van der Waals surface area (Å²) >= 11 is 1.59. The van der Waals surface area contributed by atoms with Gasteiger partial charge < -0.3 is 10.2 Å². The molecule has 0 aromatic heterocycles. The molecule has 4 nitrogen and oxygen atoms in total. The van der Waals surface area contributed by atoms with Gasteiger partial charge >= 0.3 is 0 Å². The van der Waals surface area contributed by atoms with Crippen molar-refractivity contribution in [3.05, 3.63) is 107 Å². The summed E-state index contributed by atoms with van der Waals surface area (Å²) in [6, 6.07) is 25.8. The van der Waals surface area contributed by atoms with E-state index in [2.05, 4.69) is 36.5 Å². The summed E-state index contributed by atoms with van der Waals surface area (Å²) in [7, 11) is 0. The minimum Gasteiger partial charge on any atom is -0.350 e. The maximum atomic E-state index is 13.7. The zero-order chi connectivity index (χ0) is 26.1. The van der Waals surface area contributed by atoms with Gasteiger partial charge in [0.1, 0.15) is 6.04 Å². The van der Waals surface area contributed by atoms with Gasteiger partial charge in [-0.2, -0.15) is 0 Å². The quantitative estimate of drug-likeness (QED) is 0.365. The molecule has 0 bridgehead atoms. The number of rotatable bonds is 10. The molecule has 0 spiro atoms. The van der Waals surface area contributed by atoms with Gasteiger partial charge in [0.15, 0.2) is 0 Å². The second-order valence-corrected chi connectivity index (χ2v) is 11.4. The first kappa shape index (κ1) is 27.5. The van der Waals surface area contributed by atoms with E-state index in [1.807, 2.05) is 82.3 Å².